The SMILES string of the molecule is CC1CC(C)(C)CCC1N[C@@H](C)C1CCCCCC1. The molecule has 0 bridgehead atoms. The highest BCUT2D eigenvalue weighted by Gasteiger charge is 2.33. The van der Waals surface area contributed by atoms with Crippen molar-refractivity contribution in [2.45, 2.75) is 97.6 Å². The molecule has 3 atom stereocenters. The molecule has 0 spiro atoms. The highest BCUT2D eigenvalue weighted by atomic mass is 15.0. The zero-order chi connectivity index (χ0) is 13.9. The monoisotopic (exact) mass is 265 g/mol. The summed E-state index contributed by atoms with van der Waals surface area (Å²) < 4.78 is 0. The van der Waals surface area contributed by atoms with Crippen molar-refractivity contribution in [3.63, 3.8) is 0 Å². The minimum absolute atomic E-state index is 0.573. The van der Waals surface area contributed by atoms with E-state index in [2.05, 4.69) is 33.0 Å². The van der Waals surface area contributed by atoms with Crippen LogP contribution in [0.3, 0.4) is 0 Å². The summed E-state index contributed by atoms with van der Waals surface area (Å²) in [5.41, 5.74) is 0.573. The van der Waals surface area contributed by atoms with Crippen molar-refractivity contribution >= 4 is 0 Å². The third kappa shape index (κ3) is 4.48. The molecule has 0 aromatic rings. The molecule has 1 N–H and O–H groups in total. The fourth-order valence-electron chi connectivity index (χ4n) is 4.48. The summed E-state index contributed by atoms with van der Waals surface area (Å²) in [4.78, 5) is 0. The van der Waals surface area contributed by atoms with E-state index in [1.165, 1.54) is 57.8 Å². The van der Waals surface area contributed by atoms with E-state index in [1.54, 1.807) is 0 Å². The van der Waals surface area contributed by atoms with Gasteiger partial charge < -0.3 is 5.32 Å². The first-order valence-corrected chi connectivity index (χ1v) is 8.74. The third-order valence-corrected chi connectivity index (χ3v) is 5.78. The number of hydrogen-bond acceptors (Lipinski definition) is 1. The number of hydrogen-bond donors (Lipinski definition) is 1. The van der Waals surface area contributed by atoms with Gasteiger partial charge in [0.2, 0.25) is 0 Å². The van der Waals surface area contributed by atoms with Gasteiger partial charge in [0.25, 0.3) is 0 Å². The average Bonchev–Trinajstić information content (AvgIpc) is 2.60. The summed E-state index contributed by atoms with van der Waals surface area (Å²) in [5, 5.41) is 4.00. The van der Waals surface area contributed by atoms with Crippen LogP contribution >= 0.6 is 0 Å². The normalized spacial score (nSPS) is 34.7. The zero-order valence-corrected chi connectivity index (χ0v) is 13.7. The van der Waals surface area contributed by atoms with Gasteiger partial charge in [-0.05, 0) is 56.3 Å². The van der Waals surface area contributed by atoms with Gasteiger partial charge in [-0.1, -0.05) is 46.5 Å². The minimum atomic E-state index is 0.573. The second-order valence-electron chi connectivity index (χ2n) is 8.20. The molecule has 2 aliphatic carbocycles. The summed E-state index contributed by atoms with van der Waals surface area (Å²) in [7, 11) is 0. The van der Waals surface area contributed by atoms with E-state index in [9.17, 15) is 0 Å². The lowest BCUT2D eigenvalue weighted by molar-refractivity contribution is 0.133. The minimum Gasteiger partial charge on any atom is -0.311 e. The summed E-state index contributed by atoms with van der Waals surface area (Å²) >= 11 is 0. The predicted molar refractivity (Wildman–Crippen MR) is 84.4 cm³/mol. The standard InChI is InChI=1S/C18H35N/c1-14-13-18(3,4)12-11-17(14)19-15(2)16-9-7-5-6-8-10-16/h14-17,19H,5-13H2,1-4H3/t14?,15-,17?/m0/s1. The maximum absolute atomic E-state index is 4.00. The van der Waals surface area contributed by atoms with Gasteiger partial charge in [-0.25, -0.2) is 0 Å². The molecule has 112 valence electrons. The Morgan fingerprint density at radius 2 is 1.63 bits per heavy atom. The molecule has 2 unspecified atom stereocenters. The summed E-state index contributed by atoms with van der Waals surface area (Å²) in [6.45, 7) is 9.78. The molecule has 1 nitrogen and oxygen atoms in total. The van der Waals surface area contributed by atoms with Crippen LogP contribution in [0.25, 0.3) is 0 Å². The van der Waals surface area contributed by atoms with Gasteiger partial charge in [-0.3, -0.25) is 0 Å². The van der Waals surface area contributed by atoms with Crippen LogP contribution < -0.4 is 5.32 Å². The molecule has 0 heterocycles. The molecule has 0 radical (unpaired) electrons. The zero-order valence-electron chi connectivity index (χ0n) is 13.7. The second-order valence-corrected chi connectivity index (χ2v) is 8.20. The first kappa shape index (κ1) is 15.4. The number of rotatable bonds is 3. The van der Waals surface area contributed by atoms with Crippen LogP contribution in [-0.4, -0.2) is 12.1 Å². The van der Waals surface area contributed by atoms with Crippen LogP contribution in [0, 0.1) is 17.3 Å². The van der Waals surface area contributed by atoms with Crippen LogP contribution in [0.4, 0.5) is 0 Å². The molecule has 2 aliphatic rings. The Morgan fingerprint density at radius 3 is 2.21 bits per heavy atom. The van der Waals surface area contributed by atoms with E-state index in [0.29, 0.717) is 5.41 Å². The van der Waals surface area contributed by atoms with Gasteiger partial charge in [0.15, 0.2) is 0 Å². The lowest BCUT2D eigenvalue weighted by Crippen LogP contribution is -2.47. The molecule has 1 heteroatoms. The highest BCUT2D eigenvalue weighted by Crippen LogP contribution is 2.39. The maximum Gasteiger partial charge on any atom is 0.00956 e. The molecule has 19 heavy (non-hydrogen) atoms. The van der Waals surface area contributed by atoms with Gasteiger partial charge >= 0.3 is 0 Å². The smallest absolute Gasteiger partial charge is 0.00956 e. The quantitative estimate of drug-likeness (QED) is 0.696. The molecule has 0 amide bonds. The maximum atomic E-state index is 4.00. The first-order valence-electron chi connectivity index (χ1n) is 8.74. The summed E-state index contributed by atoms with van der Waals surface area (Å²) in [6, 6.07) is 1.50. The van der Waals surface area contributed by atoms with Crippen LogP contribution in [-0.2, 0) is 0 Å². The van der Waals surface area contributed by atoms with Crippen molar-refractivity contribution in [3.8, 4) is 0 Å². The van der Waals surface area contributed by atoms with E-state index in [1.807, 2.05) is 0 Å². The van der Waals surface area contributed by atoms with Crippen molar-refractivity contribution in [1.82, 2.24) is 5.32 Å². The topological polar surface area (TPSA) is 12.0 Å². The van der Waals surface area contributed by atoms with E-state index < -0.39 is 0 Å². The third-order valence-electron chi connectivity index (χ3n) is 5.78. The first-order chi connectivity index (χ1) is 8.98. The Morgan fingerprint density at radius 1 is 1.00 bits per heavy atom. The van der Waals surface area contributed by atoms with E-state index in [0.717, 1.165) is 23.9 Å². The molecule has 2 fully saturated rings. The van der Waals surface area contributed by atoms with E-state index in [4.69, 9.17) is 0 Å². The molecule has 2 saturated carbocycles. The molecular weight excluding hydrogens is 230 g/mol. The van der Waals surface area contributed by atoms with Crippen molar-refractivity contribution in [1.29, 1.82) is 0 Å². The Labute approximate surface area is 120 Å². The van der Waals surface area contributed by atoms with Gasteiger partial charge in [0, 0.05) is 12.1 Å². The highest BCUT2D eigenvalue weighted by molar-refractivity contribution is 4.89. The van der Waals surface area contributed by atoms with E-state index >= 15 is 0 Å². The fourth-order valence-corrected chi connectivity index (χ4v) is 4.48. The van der Waals surface area contributed by atoms with Gasteiger partial charge in [0.1, 0.15) is 0 Å². The predicted octanol–water partition coefficient (Wildman–Crippen LogP) is 5.15. The van der Waals surface area contributed by atoms with Crippen molar-refractivity contribution in [2.75, 3.05) is 0 Å². The lowest BCUT2D eigenvalue weighted by Gasteiger charge is -2.41. The Hall–Kier alpha value is -0.0400. The van der Waals surface area contributed by atoms with Gasteiger partial charge in [-0.2, -0.15) is 0 Å². The molecule has 0 saturated heterocycles. The average molecular weight is 265 g/mol. The largest absolute Gasteiger partial charge is 0.311 e. The summed E-state index contributed by atoms with van der Waals surface area (Å²) in [5.74, 6) is 1.78. The molecule has 2 rings (SSSR count). The molecule has 0 aromatic heterocycles. The van der Waals surface area contributed by atoms with Gasteiger partial charge in [-0.15, -0.1) is 0 Å². The Bertz CT molecular complexity index is 263. The van der Waals surface area contributed by atoms with Gasteiger partial charge in [0.05, 0.1) is 0 Å². The van der Waals surface area contributed by atoms with Crippen molar-refractivity contribution in [3.05, 3.63) is 0 Å². The van der Waals surface area contributed by atoms with Crippen LogP contribution in [0.1, 0.15) is 85.5 Å². The van der Waals surface area contributed by atoms with Crippen LogP contribution in [0.5, 0.6) is 0 Å². The summed E-state index contributed by atoms with van der Waals surface area (Å²) in [6.07, 6.45) is 12.9. The Kier molecular flexibility index (Phi) is 5.34. The number of nitrogens with one attached hydrogen (secondary N) is 1. The molecular formula is C18H35N. The molecule has 0 aromatic carbocycles. The lowest BCUT2D eigenvalue weighted by atomic mass is 9.70. The van der Waals surface area contributed by atoms with Crippen molar-refractivity contribution in [2.24, 2.45) is 17.3 Å². The van der Waals surface area contributed by atoms with Crippen molar-refractivity contribution < 1.29 is 0 Å². The second kappa shape index (κ2) is 6.61. The molecule has 0 aliphatic heterocycles. The van der Waals surface area contributed by atoms with E-state index in [-0.39, 0.29) is 0 Å². The fraction of sp³-hybridized carbons (Fsp3) is 1.00. The van der Waals surface area contributed by atoms with Crippen LogP contribution in [0.15, 0.2) is 0 Å². The Balaban J connectivity index is 1.83. The van der Waals surface area contributed by atoms with Crippen LogP contribution in [0.2, 0.25) is 0 Å².